The number of carbonyl (C=O) groups is 1. The van der Waals surface area contributed by atoms with Crippen molar-refractivity contribution in [1.29, 1.82) is 0 Å². The van der Waals surface area contributed by atoms with Crippen molar-refractivity contribution in [3.8, 4) is 17.4 Å². The fourth-order valence-electron chi connectivity index (χ4n) is 2.26. The molecule has 0 radical (unpaired) electrons. The zero-order valence-electron chi connectivity index (χ0n) is 14.8. The molecule has 0 spiro atoms. The highest BCUT2D eigenvalue weighted by molar-refractivity contribution is 5.81. The van der Waals surface area contributed by atoms with Gasteiger partial charge in [0.25, 0.3) is 0 Å². The second-order valence-corrected chi connectivity index (χ2v) is 5.62. The highest BCUT2D eigenvalue weighted by atomic mass is 19.1. The average Bonchev–Trinajstić information content (AvgIpc) is 2.67. The second kappa shape index (κ2) is 8.27. The molecule has 3 rings (SSSR count). The van der Waals surface area contributed by atoms with E-state index in [1.807, 2.05) is 0 Å². The van der Waals surface area contributed by atoms with E-state index < -0.39 is 5.97 Å². The number of ether oxygens (including phenoxy) is 3. The zero-order chi connectivity index (χ0) is 19.2. The Morgan fingerprint density at radius 3 is 2.59 bits per heavy atom. The monoisotopic (exact) mass is 368 g/mol. The number of hydrogen-bond donors (Lipinski definition) is 0. The molecule has 2 aromatic carbocycles. The van der Waals surface area contributed by atoms with Crippen LogP contribution in [-0.4, -0.2) is 29.2 Å². The Bertz CT molecular complexity index is 973. The maximum atomic E-state index is 13.2. The SMILES string of the molecule is COC(=O)/C=C/C(C)Oc1ccc(Oc2cnc3cc(F)ccc3n2)cc1. The first-order chi connectivity index (χ1) is 13.0. The quantitative estimate of drug-likeness (QED) is 0.483. The Morgan fingerprint density at radius 2 is 1.85 bits per heavy atom. The maximum Gasteiger partial charge on any atom is 0.330 e. The third-order valence-electron chi connectivity index (χ3n) is 3.55. The van der Waals surface area contributed by atoms with Crippen LogP contribution in [0.3, 0.4) is 0 Å². The van der Waals surface area contributed by atoms with E-state index in [2.05, 4.69) is 14.7 Å². The van der Waals surface area contributed by atoms with E-state index in [-0.39, 0.29) is 11.9 Å². The van der Waals surface area contributed by atoms with Gasteiger partial charge in [-0.1, -0.05) is 0 Å². The van der Waals surface area contributed by atoms with Crippen LogP contribution >= 0.6 is 0 Å². The molecule has 3 aromatic rings. The van der Waals surface area contributed by atoms with Crippen molar-refractivity contribution in [2.45, 2.75) is 13.0 Å². The largest absolute Gasteiger partial charge is 0.487 e. The third kappa shape index (κ3) is 5.01. The van der Waals surface area contributed by atoms with Crippen molar-refractivity contribution in [3.05, 3.63) is 66.6 Å². The van der Waals surface area contributed by atoms with Crippen molar-refractivity contribution in [1.82, 2.24) is 9.97 Å². The van der Waals surface area contributed by atoms with Gasteiger partial charge in [-0.05, 0) is 49.4 Å². The predicted molar refractivity (Wildman–Crippen MR) is 97.3 cm³/mol. The number of halogens is 1. The van der Waals surface area contributed by atoms with E-state index in [1.165, 1.54) is 31.5 Å². The van der Waals surface area contributed by atoms with E-state index in [0.29, 0.717) is 28.4 Å². The summed E-state index contributed by atoms with van der Waals surface area (Å²) in [5, 5.41) is 0. The summed E-state index contributed by atoms with van der Waals surface area (Å²) in [5.74, 6) is 0.669. The molecule has 27 heavy (non-hydrogen) atoms. The third-order valence-corrected chi connectivity index (χ3v) is 3.55. The van der Waals surface area contributed by atoms with Gasteiger partial charge in [0.2, 0.25) is 5.88 Å². The summed E-state index contributed by atoms with van der Waals surface area (Å²) < 4.78 is 29.1. The van der Waals surface area contributed by atoms with Crippen molar-refractivity contribution >= 4 is 17.0 Å². The number of nitrogens with zero attached hydrogens (tertiary/aromatic N) is 2. The molecule has 138 valence electrons. The molecule has 0 amide bonds. The Labute approximate surface area is 155 Å². The van der Waals surface area contributed by atoms with Crippen LogP contribution in [0, 0.1) is 5.82 Å². The molecule has 0 bridgehead atoms. The Hall–Kier alpha value is -3.48. The molecule has 0 N–H and O–H groups in total. The standard InChI is InChI=1S/C20H17FN2O4/c1-13(3-10-20(24)25-2)26-15-5-7-16(8-6-15)27-19-12-22-18-11-14(21)4-9-17(18)23-19/h3-13H,1-2H3/b10-3+. The van der Waals surface area contributed by atoms with Crippen LogP contribution in [0.2, 0.25) is 0 Å². The van der Waals surface area contributed by atoms with E-state index >= 15 is 0 Å². The molecule has 0 saturated carbocycles. The number of aromatic nitrogens is 2. The van der Waals surface area contributed by atoms with Crippen LogP contribution in [0.25, 0.3) is 11.0 Å². The van der Waals surface area contributed by atoms with Crippen molar-refractivity contribution in [2.75, 3.05) is 7.11 Å². The lowest BCUT2D eigenvalue weighted by Gasteiger charge is -2.11. The van der Waals surface area contributed by atoms with Gasteiger partial charge in [0.15, 0.2) is 0 Å². The maximum absolute atomic E-state index is 13.2. The highest BCUT2D eigenvalue weighted by Gasteiger charge is 2.05. The average molecular weight is 368 g/mol. The minimum atomic E-state index is -0.437. The van der Waals surface area contributed by atoms with Gasteiger partial charge >= 0.3 is 5.97 Å². The van der Waals surface area contributed by atoms with E-state index in [1.54, 1.807) is 43.3 Å². The number of benzene rings is 2. The molecular formula is C20H17FN2O4. The Kier molecular flexibility index (Phi) is 5.61. The molecule has 1 aromatic heterocycles. The fourth-order valence-corrected chi connectivity index (χ4v) is 2.26. The summed E-state index contributed by atoms with van der Waals surface area (Å²) in [7, 11) is 1.31. The number of carbonyl (C=O) groups excluding carboxylic acids is 1. The van der Waals surface area contributed by atoms with Crippen LogP contribution in [-0.2, 0) is 9.53 Å². The normalized spacial score (nSPS) is 12.1. The number of esters is 1. The van der Waals surface area contributed by atoms with Gasteiger partial charge < -0.3 is 14.2 Å². The topological polar surface area (TPSA) is 70.5 Å². The fraction of sp³-hybridized carbons (Fsp3) is 0.150. The van der Waals surface area contributed by atoms with Crippen LogP contribution in [0.15, 0.2) is 60.8 Å². The van der Waals surface area contributed by atoms with E-state index in [4.69, 9.17) is 9.47 Å². The second-order valence-electron chi connectivity index (χ2n) is 5.62. The van der Waals surface area contributed by atoms with Gasteiger partial charge in [-0.3, -0.25) is 0 Å². The highest BCUT2D eigenvalue weighted by Crippen LogP contribution is 2.24. The molecule has 0 aliphatic heterocycles. The summed E-state index contributed by atoms with van der Waals surface area (Å²) in [6.45, 7) is 1.80. The minimum Gasteiger partial charge on any atom is -0.487 e. The van der Waals surface area contributed by atoms with Gasteiger partial charge in [0.1, 0.15) is 23.4 Å². The molecule has 6 nitrogen and oxygen atoms in total. The molecule has 0 aliphatic carbocycles. The molecule has 1 unspecified atom stereocenters. The number of rotatable bonds is 6. The molecule has 0 fully saturated rings. The van der Waals surface area contributed by atoms with Crippen LogP contribution in [0.4, 0.5) is 4.39 Å². The molecule has 0 saturated heterocycles. The van der Waals surface area contributed by atoms with Crippen molar-refractivity contribution in [3.63, 3.8) is 0 Å². The summed E-state index contributed by atoms with van der Waals surface area (Å²) in [5.41, 5.74) is 1.00. The summed E-state index contributed by atoms with van der Waals surface area (Å²) >= 11 is 0. The van der Waals surface area contributed by atoms with E-state index in [0.717, 1.165) is 0 Å². The van der Waals surface area contributed by atoms with Gasteiger partial charge in [0, 0.05) is 12.1 Å². The van der Waals surface area contributed by atoms with Gasteiger partial charge in [-0.15, -0.1) is 0 Å². The van der Waals surface area contributed by atoms with Crippen molar-refractivity contribution < 1.29 is 23.4 Å². The van der Waals surface area contributed by atoms with Gasteiger partial charge in [0.05, 0.1) is 24.3 Å². The predicted octanol–water partition coefficient (Wildman–Crippen LogP) is 4.06. The van der Waals surface area contributed by atoms with Crippen molar-refractivity contribution in [2.24, 2.45) is 0 Å². The number of hydrogen-bond acceptors (Lipinski definition) is 6. The lowest BCUT2D eigenvalue weighted by molar-refractivity contribution is -0.134. The molecule has 0 aliphatic rings. The summed E-state index contributed by atoms with van der Waals surface area (Å²) in [6.07, 6.45) is 4.05. The summed E-state index contributed by atoms with van der Waals surface area (Å²) in [4.78, 5) is 19.5. The van der Waals surface area contributed by atoms with Gasteiger partial charge in [-0.25, -0.2) is 19.2 Å². The number of fused-ring (bicyclic) bond motifs is 1. The first-order valence-corrected chi connectivity index (χ1v) is 8.16. The lowest BCUT2D eigenvalue weighted by atomic mass is 10.3. The lowest BCUT2D eigenvalue weighted by Crippen LogP contribution is -2.09. The van der Waals surface area contributed by atoms with E-state index in [9.17, 15) is 9.18 Å². The summed E-state index contributed by atoms with van der Waals surface area (Å²) in [6, 6.07) is 11.1. The molecule has 7 heteroatoms. The number of methoxy groups -OCH3 is 1. The van der Waals surface area contributed by atoms with Crippen LogP contribution in [0.5, 0.6) is 17.4 Å². The zero-order valence-corrected chi connectivity index (χ0v) is 14.8. The van der Waals surface area contributed by atoms with Gasteiger partial charge in [-0.2, -0.15) is 0 Å². The minimum absolute atomic E-state index is 0.303. The molecule has 1 heterocycles. The Balaban J connectivity index is 1.64. The smallest absolute Gasteiger partial charge is 0.330 e. The van der Waals surface area contributed by atoms with Crippen LogP contribution in [0.1, 0.15) is 6.92 Å². The molecule has 1 atom stereocenters. The molecular weight excluding hydrogens is 351 g/mol. The Morgan fingerprint density at radius 1 is 1.11 bits per heavy atom. The van der Waals surface area contributed by atoms with Crippen LogP contribution < -0.4 is 9.47 Å². The first kappa shape index (κ1) is 18.3. The first-order valence-electron chi connectivity index (χ1n) is 8.16.